The predicted molar refractivity (Wildman–Crippen MR) is 66.2 cm³/mol. The van der Waals surface area contributed by atoms with Crippen molar-refractivity contribution in [2.24, 2.45) is 7.05 Å². The summed E-state index contributed by atoms with van der Waals surface area (Å²) < 4.78 is 1.95. The summed E-state index contributed by atoms with van der Waals surface area (Å²) in [5.41, 5.74) is 4.61. The molecule has 2 rings (SSSR count). The average molecular weight is 226 g/mol. The van der Waals surface area contributed by atoms with E-state index in [4.69, 9.17) is 10.4 Å². The van der Waals surface area contributed by atoms with Gasteiger partial charge in [-0.15, -0.1) is 0 Å². The third kappa shape index (κ3) is 1.95. The lowest BCUT2D eigenvalue weighted by atomic mass is 10.0. The number of nitriles is 1. The Balaban J connectivity index is 2.56. The van der Waals surface area contributed by atoms with Crippen molar-refractivity contribution in [3.63, 3.8) is 0 Å². The lowest BCUT2D eigenvalue weighted by molar-refractivity contribution is 0.282. The molecule has 0 aliphatic carbocycles. The summed E-state index contributed by atoms with van der Waals surface area (Å²) in [6.45, 7) is 2.04. The second-order valence-electron chi connectivity index (χ2n) is 4.08. The average Bonchev–Trinajstić information content (AvgIpc) is 2.65. The fraction of sp³-hybridized carbons (Fsp3) is 0.214. The number of hydrogen-bond donors (Lipinski definition) is 1. The number of nitrogens with zero attached hydrogens (tertiary/aromatic N) is 2. The Morgan fingerprint density at radius 2 is 1.94 bits per heavy atom. The smallest absolute Gasteiger partial charge is 0.101 e. The maximum absolute atomic E-state index is 9.11. The first-order chi connectivity index (χ1) is 8.17. The monoisotopic (exact) mass is 226 g/mol. The van der Waals surface area contributed by atoms with E-state index in [1.54, 1.807) is 0 Å². The van der Waals surface area contributed by atoms with Crippen LogP contribution in [0.2, 0.25) is 0 Å². The molecule has 0 amide bonds. The quantitative estimate of drug-likeness (QED) is 0.854. The summed E-state index contributed by atoms with van der Waals surface area (Å²) >= 11 is 0. The van der Waals surface area contributed by atoms with Crippen molar-refractivity contribution in [1.82, 2.24) is 4.57 Å². The molecule has 0 aliphatic rings. The number of aromatic nitrogens is 1. The molecule has 0 saturated heterocycles. The highest BCUT2D eigenvalue weighted by atomic mass is 16.3. The Kier molecular flexibility index (Phi) is 2.99. The molecule has 3 nitrogen and oxygen atoms in total. The summed E-state index contributed by atoms with van der Waals surface area (Å²) in [6.07, 6.45) is 1.84. The van der Waals surface area contributed by atoms with Gasteiger partial charge in [0, 0.05) is 24.5 Å². The molecule has 0 aliphatic heterocycles. The third-order valence-electron chi connectivity index (χ3n) is 3.03. The van der Waals surface area contributed by atoms with E-state index in [9.17, 15) is 0 Å². The second-order valence-corrected chi connectivity index (χ2v) is 4.08. The molecule has 0 bridgehead atoms. The number of hydrogen-bond acceptors (Lipinski definition) is 2. The molecule has 1 N–H and O–H groups in total. The van der Waals surface area contributed by atoms with Gasteiger partial charge in [-0.2, -0.15) is 5.26 Å². The van der Waals surface area contributed by atoms with Gasteiger partial charge in [-0.3, -0.25) is 0 Å². The van der Waals surface area contributed by atoms with Crippen LogP contribution in [0, 0.1) is 18.3 Å². The summed E-state index contributed by atoms with van der Waals surface area (Å²) in [5.74, 6) is 0. The number of aryl methyl sites for hydroxylation is 1. The van der Waals surface area contributed by atoms with Crippen LogP contribution in [0.3, 0.4) is 0 Å². The molecule has 3 heteroatoms. The number of rotatable bonds is 2. The van der Waals surface area contributed by atoms with Crippen LogP contribution in [0.25, 0.3) is 11.1 Å². The van der Waals surface area contributed by atoms with Gasteiger partial charge in [0.15, 0.2) is 0 Å². The number of aliphatic hydroxyl groups excluding tert-OH is 1. The molecule has 1 heterocycles. The van der Waals surface area contributed by atoms with E-state index in [1.165, 1.54) is 0 Å². The van der Waals surface area contributed by atoms with Crippen molar-refractivity contribution in [2.75, 3.05) is 0 Å². The Bertz CT molecular complexity index is 574. The molecule has 0 spiro atoms. The third-order valence-corrected chi connectivity index (χ3v) is 3.03. The highest BCUT2D eigenvalue weighted by Gasteiger charge is 2.12. The fourth-order valence-corrected chi connectivity index (χ4v) is 1.95. The van der Waals surface area contributed by atoms with Crippen LogP contribution in [-0.4, -0.2) is 9.67 Å². The first-order valence-corrected chi connectivity index (χ1v) is 5.43. The van der Waals surface area contributed by atoms with Crippen molar-refractivity contribution < 1.29 is 5.11 Å². The molecule has 0 saturated carbocycles. The van der Waals surface area contributed by atoms with E-state index >= 15 is 0 Å². The Morgan fingerprint density at radius 3 is 2.47 bits per heavy atom. The van der Waals surface area contributed by atoms with Gasteiger partial charge in [0.1, 0.15) is 6.07 Å². The van der Waals surface area contributed by atoms with E-state index in [0.29, 0.717) is 5.56 Å². The summed E-state index contributed by atoms with van der Waals surface area (Å²) in [6, 6.07) is 9.85. The van der Waals surface area contributed by atoms with Gasteiger partial charge < -0.3 is 9.67 Å². The SMILES string of the molecule is Cc1c(-c2ccc(CO)cc2)c(C#N)cn1C. The molecule has 1 aromatic carbocycles. The maximum atomic E-state index is 9.11. The molecule has 0 unspecified atom stereocenters. The van der Waals surface area contributed by atoms with Gasteiger partial charge >= 0.3 is 0 Å². The van der Waals surface area contributed by atoms with Crippen molar-refractivity contribution in [1.29, 1.82) is 5.26 Å². The largest absolute Gasteiger partial charge is 0.392 e. The molecule has 0 atom stereocenters. The summed E-state index contributed by atoms with van der Waals surface area (Å²) in [7, 11) is 1.93. The zero-order valence-corrected chi connectivity index (χ0v) is 9.94. The molecule has 2 aromatic rings. The van der Waals surface area contributed by atoms with Crippen LogP contribution in [0.1, 0.15) is 16.8 Å². The zero-order valence-electron chi connectivity index (χ0n) is 9.94. The molecule has 17 heavy (non-hydrogen) atoms. The molecular formula is C14H14N2O. The van der Waals surface area contributed by atoms with E-state index in [-0.39, 0.29) is 6.61 Å². The van der Waals surface area contributed by atoms with Crippen LogP contribution < -0.4 is 0 Å². The minimum atomic E-state index is 0.0408. The highest BCUT2D eigenvalue weighted by Crippen LogP contribution is 2.28. The Morgan fingerprint density at radius 1 is 1.29 bits per heavy atom. The molecular weight excluding hydrogens is 212 g/mol. The first-order valence-electron chi connectivity index (χ1n) is 5.43. The van der Waals surface area contributed by atoms with Crippen molar-refractivity contribution in [2.45, 2.75) is 13.5 Å². The normalized spacial score (nSPS) is 10.2. The van der Waals surface area contributed by atoms with Gasteiger partial charge in [0.2, 0.25) is 0 Å². The van der Waals surface area contributed by atoms with Gasteiger partial charge in [-0.25, -0.2) is 0 Å². The minimum Gasteiger partial charge on any atom is -0.392 e. The standard InChI is InChI=1S/C14H14N2O/c1-10-14(13(7-15)8-16(10)2)12-5-3-11(9-17)4-6-12/h3-6,8,17H,9H2,1-2H3. The lowest BCUT2D eigenvalue weighted by Crippen LogP contribution is -1.89. The van der Waals surface area contributed by atoms with Crippen LogP contribution in [0.5, 0.6) is 0 Å². The molecule has 1 aromatic heterocycles. The van der Waals surface area contributed by atoms with Gasteiger partial charge in [-0.05, 0) is 18.1 Å². The molecule has 0 fully saturated rings. The van der Waals surface area contributed by atoms with Crippen molar-refractivity contribution in [3.05, 3.63) is 47.3 Å². The fourth-order valence-electron chi connectivity index (χ4n) is 1.95. The number of aliphatic hydroxyl groups is 1. The van der Waals surface area contributed by atoms with Crippen molar-refractivity contribution in [3.8, 4) is 17.2 Å². The lowest BCUT2D eigenvalue weighted by Gasteiger charge is -2.04. The Labute approximate surface area is 101 Å². The maximum Gasteiger partial charge on any atom is 0.101 e. The summed E-state index contributed by atoms with van der Waals surface area (Å²) in [4.78, 5) is 0. The van der Waals surface area contributed by atoms with Gasteiger partial charge in [0.05, 0.1) is 12.2 Å². The van der Waals surface area contributed by atoms with Crippen molar-refractivity contribution >= 4 is 0 Å². The summed E-state index contributed by atoms with van der Waals surface area (Å²) in [5, 5.41) is 18.1. The van der Waals surface area contributed by atoms with Crippen LogP contribution in [0.15, 0.2) is 30.5 Å². The Hall–Kier alpha value is -2.05. The molecule has 86 valence electrons. The van der Waals surface area contributed by atoms with E-state index in [0.717, 1.165) is 22.4 Å². The zero-order chi connectivity index (χ0) is 12.4. The molecule has 0 radical (unpaired) electrons. The second kappa shape index (κ2) is 4.44. The highest BCUT2D eigenvalue weighted by molar-refractivity contribution is 5.73. The van der Waals surface area contributed by atoms with Gasteiger partial charge in [-0.1, -0.05) is 24.3 Å². The van der Waals surface area contributed by atoms with Crippen LogP contribution in [0.4, 0.5) is 0 Å². The minimum absolute atomic E-state index is 0.0408. The van der Waals surface area contributed by atoms with E-state index in [1.807, 2.05) is 49.0 Å². The van der Waals surface area contributed by atoms with E-state index in [2.05, 4.69) is 6.07 Å². The van der Waals surface area contributed by atoms with Crippen LogP contribution in [-0.2, 0) is 13.7 Å². The van der Waals surface area contributed by atoms with Crippen LogP contribution >= 0.6 is 0 Å². The van der Waals surface area contributed by atoms with Gasteiger partial charge in [0.25, 0.3) is 0 Å². The topological polar surface area (TPSA) is 48.9 Å². The number of benzene rings is 1. The predicted octanol–water partition coefficient (Wildman–Crippen LogP) is 2.36. The van der Waals surface area contributed by atoms with E-state index < -0.39 is 0 Å². The first kappa shape index (κ1) is 11.4.